The summed E-state index contributed by atoms with van der Waals surface area (Å²) in [5.41, 5.74) is -2.05. The number of benzene rings is 2. The summed E-state index contributed by atoms with van der Waals surface area (Å²) in [6.45, 7) is 3.17. The summed E-state index contributed by atoms with van der Waals surface area (Å²) >= 11 is 12.2. The molecule has 1 N–H and O–H groups in total. The van der Waals surface area contributed by atoms with Crippen LogP contribution in [-0.2, 0) is 10.3 Å². The minimum atomic E-state index is -5.02. The Balaban J connectivity index is 2.02. The third-order valence-corrected chi connectivity index (χ3v) is 5.93. The van der Waals surface area contributed by atoms with E-state index in [0.717, 1.165) is 18.3 Å². The predicted molar refractivity (Wildman–Crippen MR) is 120 cm³/mol. The van der Waals surface area contributed by atoms with Crippen molar-refractivity contribution in [3.05, 3.63) is 87.7 Å². The van der Waals surface area contributed by atoms with E-state index in [4.69, 9.17) is 27.9 Å². The molecule has 1 aromatic heterocycles. The number of carbonyl (C=O) groups is 1. The molecular formula is C24H20Cl2F3NO3. The number of aromatic nitrogens is 1. The van der Waals surface area contributed by atoms with Crippen LogP contribution in [0.2, 0.25) is 10.2 Å². The van der Waals surface area contributed by atoms with Crippen LogP contribution >= 0.6 is 23.2 Å². The number of nitrogens with zero attached hydrogens (tertiary/aromatic N) is 1. The van der Waals surface area contributed by atoms with Crippen molar-refractivity contribution in [2.45, 2.75) is 31.5 Å². The number of hydrogen-bond donors (Lipinski definition) is 1. The first-order valence-electron chi connectivity index (χ1n) is 9.97. The third kappa shape index (κ3) is 5.00. The molecule has 0 fully saturated rings. The minimum Gasteiger partial charge on any atom is -0.462 e. The molecule has 0 amide bonds. The highest BCUT2D eigenvalue weighted by Crippen LogP contribution is 2.50. The second-order valence-corrected chi connectivity index (χ2v) is 8.19. The van der Waals surface area contributed by atoms with E-state index < -0.39 is 29.2 Å². The lowest BCUT2D eigenvalue weighted by atomic mass is 9.77. The van der Waals surface area contributed by atoms with Gasteiger partial charge in [-0.15, -0.1) is 0 Å². The van der Waals surface area contributed by atoms with Crippen LogP contribution in [0, 0.1) is 0 Å². The Labute approximate surface area is 198 Å². The zero-order valence-electron chi connectivity index (χ0n) is 17.7. The SMILES string of the molecule is CCOC(=O)c1cccc(-c2ccc(C(C)C(O)(c3ccnc(Cl)c3)C(F)(F)F)c(Cl)c2)c1. The average Bonchev–Trinajstić information content (AvgIpc) is 2.77. The van der Waals surface area contributed by atoms with Gasteiger partial charge in [-0.25, -0.2) is 9.78 Å². The van der Waals surface area contributed by atoms with Gasteiger partial charge in [0.2, 0.25) is 0 Å². The fourth-order valence-electron chi connectivity index (χ4n) is 3.62. The molecule has 0 aliphatic heterocycles. The van der Waals surface area contributed by atoms with Crippen LogP contribution < -0.4 is 0 Å². The third-order valence-electron chi connectivity index (χ3n) is 5.40. The van der Waals surface area contributed by atoms with Crippen LogP contribution in [0.25, 0.3) is 11.1 Å². The lowest BCUT2D eigenvalue weighted by Crippen LogP contribution is -2.46. The van der Waals surface area contributed by atoms with Crippen LogP contribution in [-0.4, -0.2) is 28.8 Å². The van der Waals surface area contributed by atoms with Gasteiger partial charge in [0.15, 0.2) is 5.60 Å². The van der Waals surface area contributed by atoms with Crippen molar-refractivity contribution in [3.8, 4) is 11.1 Å². The van der Waals surface area contributed by atoms with Crippen molar-refractivity contribution < 1.29 is 27.8 Å². The van der Waals surface area contributed by atoms with Crippen molar-refractivity contribution in [1.29, 1.82) is 0 Å². The van der Waals surface area contributed by atoms with E-state index in [2.05, 4.69) is 4.98 Å². The molecule has 0 saturated carbocycles. The molecule has 4 nitrogen and oxygen atoms in total. The maximum Gasteiger partial charge on any atom is 0.422 e. The largest absolute Gasteiger partial charge is 0.462 e. The monoisotopic (exact) mass is 497 g/mol. The number of ether oxygens (including phenoxy) is 1. The number of halogens is 5. The Morgan fingerprint density at radius 3 is 2.39 bits per heavy atom. The van der Waals surface area contributed by atoms with Crippen LogP contribution in [0.5, 0.6) is 0 Å². The van der Waals surface area contributed by atoms with Crippen LogP contribution in [0.4, 0.5) is 13.2 Å². The number of esters is 1. The molecular weight excluding hydrogens is 478 g/mol. The van der Waals surface area contributed by atoms with Gasteiger partial charge in [-0.3, -0.25) is 0 Å². The Bertz CT molecular complexity index is 1170. The molecule has 3 aromatic rings. The summed E-state index contributed by atoms with van der Waals surface area (Å²) in [5, 5.41) is 10.8. The standard InChI is InChI=1S/C24H20Cl2F3NO3/c1-3-33-22(31)17-6-4-5-15(11-17)16-7-8-19(20(25)12-16)14(2)23(32,24(27,28)29)18-9-10-30-21(26)13-18/h4-14,32H,3H2,1-2H3. The molecule has 0 bridgehead atoms. The first-order chi connectivity index (χ1) is 15.5. The maximum absolute atomic E-state index is 14.1. The molecule has 9 heteroatoms. The first kappa shape index (κ1) is 25.0. The van der Waals surface area contributed by atoms with Gasteiger partial charge in [0.05, 0.1) is 12.2 Å². The van der Waals surface area contributed by atoms with Crippen molar-refractivity contribution in [2.75, 3.05) is 6.61 Å². The van der Waals surface area contributed by atoms with Crippen molar-refractivity contribution in [1.82, 2.24) is 4.98 Å². The highest BCUT2D eigenvalue weighted by atomic mass is 35.5. The van der Waals surface area contributed by atoms with E-state index in [1.807, 2.05) is 0 Å². The summed E-state index contributed by atoms with van der Waals surface area (Å²) in [4.78, 5) is 15.7. The Morgan fingerprint density at radius 2 is 1.79 bits per heavy atom. The zero-order chi connectivity index (χ0) is 24.4. The summed E-state index contributed by atoms with van der Waals surface area (Å²) in [6.07, 6.45) is -3.92. The van der Waals surface area contributed by atoms with E-state index in [1.54, 1.807) is 37.3 Å². The number of pyridine rings is 1. The highest BCUT2D eigenvalue weighted by Gasteiger charge is 2.59. The number of rotatable bonds is 6. The number of carbonyl (C=O) groups excluding carboxylic acids is 1. The average molecular weight is 498 g/mol. The van der Waals surface area contributed by atoms with Gasteiger partial charge < -0.3 is 9.84 Å². The summed E-state index contributed by atoms with van der Waals surface area (Å²) in [7, 11) is 0. The molecule has 0 radical (unpaired) electrons. The number of aliphatic hydroxyl groups is 1. The van der Waals surface area contributed by atoms with Crippen LogP contribution in [0.1, 0.15) is 41.3 Å². The summed E-state index contributed by atoms with van der Waals surface area (Å²) in [6, 6.07) is 13.2. The molecule has 33 heavy (non-hydrogen) atoms. The molecule has 0 aliphatic rings. The summed E-state index contributed by atoms with van der Waals surface area (Å²) < 4.78 is 47.3. The zero-order valence-corrected chi connectivity index (χ0v) is 19.2. The molecule has 0 aliphatic carbocycles. The lowest BCUT2D eigenvalue weighted by molar-refractivity contribution is -0.274. The van der Waals surface area contributed by atoms with Crippen molar-refractivity contribution in [2.24, 2.45) is 0 Å². The Hall–Kier alpha value is -2.61. The number of hydrogen-bond acceptors (Lipinski definition) is 4. The van der Waals surface area contributed by atoms with Crippen LogP contribution in [0.15, 0.2) is 60.8 Å². The lowest BCUT2D eigenvalue weighted by Gasteiger charge is -2.37. The first-order valence-corrected chi connectivity index (χ1v) is 10.7. The molecule has 2 aromatic carbocycles. The molecule has 3 rings (SSSR count). The molecule has 1 heterocycles. The quantitative estimate of drug-likeness (QED) is 0.301. The molecule has 174 valence electrons. The summed E-state index contributed by atoms with van der Waals surface area (Å²) in [5.74, 6) is -1.95. The second kappa shape index (κ2) is 9.71. The molecule has 0 saturated heterocycles. The minimum absolute atomic E-state index is 0.0318. The van der Waals surface area contributed by atoms with Gasteiger partial charge in [0.25, 0.3) is 0 Å². The predicted octanol–water partition coefficient (Wildman–Crippen LogP) is 6.79. The van der Waals surface area contributed by atoms with Gasteiger partial charge in [-0.1, -0.05) is 54.4 Å². The van der Waals surface area contributed by atoms with Gasteiger partial charge >= 0.3 is 12.1 Å². The fourth-order valence-corrected chi connectivity index (χ4v) is 4.14. The van der Waals surface area contributed by atoms with Crippen molar-refractivity contribution >= 4 is 29.2 Å². The maximum atomic E-state index is 14.1. The van der Waals surface area contributed by atoms with E-state index >= 15 is 0 Å². The van der Waals surface area contributed by atoms with Crippen molar-refractivity contribution in [3.63, 3.8) is 0 Å². The van der Waals surface area contributed by atoms with Gasteiger partial charge in [0, 0.05) is 17.1 Å². The normalized spacial score (nSPS) is 14.4. The topological polar surface area (TPSA) is 59.4 Å². The smallest absolute Gasteiger partial charge is 0.422 e. The Kier molecular flexibility index (Phi) is 7.36. The van der Waals surface area contributed by atoms with E-state index in [1.165, 1.54) is 19.1 Å². The molecule has 2 unspecified atom stereocenters. The second-order valence-electron chi connectivity index (χ2n) is 7.39. The van der Waals surface area contributed by atoms with E-state index in [9.17, 15) is 23.1 Å². The van der Waals surface area contributed by atoms with Gasteiger partial charge in [-0.05, 0) is 59.5 Å². The molecule has 0 spiro atoms. The highest BCUT2D eigenvalue weighted by molar-refractivity contribution is 6.31. The fraction of sp³-hybridized carbons (Fsp3) is 0.250. The van der Waals surface area contributed by atoms with Gasteiger partial charge in [-0.2, -0.15) is 13.2 Å². The van der Waals surface area contributed by atoms with Crippen LogP contribution in [0.3, 0.4) is 0 Å². The molecule has 2 atom stereocenters. The van der Waals surface area contributed by atoms with E-state index in [0.29, 0.717) is 16.7 Å². The Morgan fingerprint density at radius 1 is 1.09 bits per heavy atom. The number of alkyl halides is 3. The van der Waals surface area contributed by atoms with Gasteiger partial charge in [0.1, 0.15) is 5.15 Å². The van der Waals surface area contributed by atoms with E-state index in [-0.39, 0.29) is 22.3 Å².